The SMILES string of the molecule is COc1ccc(C(C)(O)C(=O)CC2Nc3ccccc3NC2=O)cc1. The molecule has 0 fully saturated rings. The Balaban J connectivity index is 1.75. The van der Waals surface area contributed by atoms with E-state index in [0.717, 1.165) is 5.69 Å². The number of anilines is 2. The third-order valence-corrected chi connectivity index (χ3v) is 4.42. The van der Waals surface area contributed by atoms with E-state index in [9.17, 15) is 14.7 Å². The number of benzene rings is 2. The van der Waals surface area contributed by atoms with Gasteiger partial charge < -0.3 is 20.5 Å². The molecule has 1 heterocycles. The highest BCUT2D eigenvalue weighted by Crippen LogP contribution is 2.30. The number of carbonyl (C=O) groups excluding carboxylic acids is 2. The molecular formula is C19H20N2O4. The maximum atomic E-state index is 12.6. The van der Waals surface area contributed by atoms with Crippen LogP contribution < -0.4 is 15.4 Å². The second-order valence-electron chi connectivity index (χ2n) is 6.16. The van der Waals surface area contributed by atoms with E-state index in [2.05, 4.69) is 10.6 Å². The number of rotatable bonds is 5. The summed E-state index contributed by atoms with van der Waals surface area (Å²) in [6, 6.07) is 13.2. The first kappa shape index (κ1) is 17.0. The van der Waals surface area contributed by atoms with Crippen molar-refractivity contribution in [3.63, 3.8) is 0 Å². The van der Waals surface area contributed by atoms with Crippen molar-refractivity contribution in [3.05, 3.63) is 54.1 Å². The number of nitrogens with one attached hydrogen (secondary N) is 2. The molecule has 6 heteroatoms. The van der Waals surface area contributed by atoms with E-state index < -0.39 is 17.4 Å². The van der Waals surface area contributed by atoms with Crippen molar-refractivity contribution < 1.29 is 19.4 Å². The first-order chi connectivity index (χ1) is 11.9. The van der Waals surface area contributed by atoms with Gasteiger partial charge in [0.2, 0.25) is 5.91 Å². The number of hydrogen-bond donors (Lipinski definition) is 3. The van der Waals surface area contributed by atoms with Gasteiger partial charge in [-0.2, -0.15) is 0 Å². The zero-order valence-corrected chi connectivity index (χ0v) is 14.1. The third kappa shape index (κ3) is 3.34. The van der Waals surface area contributed by atoms with E-state index in [1.807, 2.05) is 18.2 Å². The number of fused-ring (bicyclic) bond motifs is 1. The van der Waals surface area contributed by atoms with Crippen molar-refractivity contribution in [2.75, 3.05) is 17.7 Å². The van der Waals surface area contributed by atoms with Gasteiger partial charge in [0.05, 0.1) is 18.5 Å². The number of amides is 1. The van der Waals surface area contributed by atoms with Gasteiger partial charge in [-0.1, -0.05) is 24.3 Å². The maximum Gasteiger partial charge on any atom is 0.247 e. The summed E-state index contributed by atoms with van der Waals surface area (Å²) in [5.74, 6) is -0.0980. The summed E-state index contributed by atoms with van der Waals surface area (Å²) in [4.78, 5) is 24.9. The molecule has 6 nitrogen and oxygen atoms in total. The molecule has 3 N–H and O–H groups in total. The average Bonchev–Trinajstić information content (AvgIpc) is 2.62. The van der Waals surface area contributed by atoms with Crippen molar-refractivity contribution in [3.8, 4) is 5.75 Å². The molecule has 130 valence electrons. The van der Waals surface area contributed by atoms with Crippen LogP contribution in [-0.2, 0) is 15.2 Å². The first-order valence-electron chi connectivity index (χ1n) is 7.98. The number of hydrogen-bond acceptors (Lipinski definition) is 5. The molecule has 3 rings (SSSR count). The fourth-order valence-electron chi connectivity index (χ4n) is 2.80. The summed E-state index contributed by atoms with van der Waals surface area (Å²) in [5.41, 5.74) is 0.197. The number of ketones is 1. The summed E-state index contributed by atoms with van der Waals surface area (Å²) < 4.78 is 5.08. The number of aliphatic hydroxyl groups is 1. The van der Waals surface area contributed by atoms with Crippen molar-refractivity contribution in [1.82, 2.24) is 0 Å². The van der Waals surface area contributed by atoms with Crippen LogP contribution in [0.3, 0.4) is 0 Å². The molecule has 2 unspecified atom stereocenters. The van der Waals surface area contributed by atoms with Crippen LogP contribution in [0.4, 0.5) is 11.4 Å². The Kier molecular flexibility index (Phi) is 4.46. The minimum atomic E-state index is -1.69. The fourth-order valence-corrected chi connectivity index (χ4v) is 2.80. The summed E-state index contributed by atoms with van der Waals surface area (Å²) in [6.45, 7) is 1.44. The minimum Gasteiger partial charge on any atom is -0.497 e. The summed E-state index contributed by atoms with van der Waals surface area (Å²) in [5, 5.41) is 16.5. The minimum absolute atomic E-state index is 0.126. The normalized spacial score (nSPS) is 18.4. The number of methoxy groups -OCH3 is 1. The highest BCUT2D eigenvalue weighted by Gasteiger charge is 2.36. The third-order valence-electron chi connectivity index (χ3n) is 4.42. The topological polar surface area (TPSA) is 87.7 Å². The van der Waals surface area contributed by atoms with Crippen LogP contribution in [-0.4, -0.2) is 29.9 Å². The van der Waals surface area contributed by atoms with E-state index in [4.69, 9.17) is 4.74 Å². The lowest BCUT2D eigenvalue weighted by molar-refractivity contribution is -0.138. The van der Waals surface area contributed by atoms with Gasteiger partial charge in [0, 0.05) is 6.42 Å². The molecule has 0 saturated carbocycles. The summed E-state index contributed by atoms with van der Waals surface area (Å²) in [7, 11) is 1.55. The molecule has 0 bridgehead atoms. The molecule has 0 aliphatic carbocycles. The number of ether oxygens (including phenoxy) is 1. The van der Waals surface area contributed by atoms with Gasteiger partial charge in [-0.25, -0.2) is 0 Å². The zero-order valence-electron chi connectivity index (χ0n) is 14.1. The van der Waals surface area contributed by atoms with Gasteiger partial charge in [-0.15, -0.1) is 0 Å². The van der Waals surface area contributed by atoms with Crippen molar-refractivity contribution in [2.45, 2.75) is 25.0 Å². The Morgan fingerprint density at radius 3 is 2.44 bits per heavy atom. The lowest BCUT2D eigenvalue weighted by Crippen LogP contribution is -2.44. The predicted molar refractivity (Wildman–Crippen MR) is 94.7 cm³/mol. The molecule has 2 atom stereocenters. The standard InChI is InChI=1S/C19H20N2O4/c1-19(24,12-7-9-13(25-2)10-8-12)17(22)11-16-18(23)21-15-6-4-3-5-14(15)20-16/h3-10,16,20,24H,11H2,1-2H3,(H,21,23). The highest BCUT2D eigenvalue weighted by atomic mass is 16.5. The Morgan fingerprint density at radius 2 is 1.80 bits per heavy atom. The van der Waals surface area contributed by atoms with Gasteiger partial charge in [0.15, 0.2) is 5.78 Å². The van der Waals surface area contributed by atoms with Crippen molar-refractivity contribution in [1.29, 1.82) is 0 Å². The van der Waals surface area contributed by atoms with E-state index in [-0.39, 0.29) is 12.3 Å². The van der Waals surface area contributed by atoms with Crippen LogP contribution in [0.5, 0.6) is 5.75 Å². The average molecular weight is 340 g/mol. The molecule has 0 spiro atoms. The van der Waals surface area contributed by atoms with Gasteiger partial charge in [-0.3, -0.25) is 9.59 Å². The van der Waals surface area contributed by atoms with Crippen LogP contribution in [0.15, 0.2) is 48.5 Å². The first-order valence-corrected chi connectivity index (χ1v) is 7.98. The lowest BCUT2D eigenvalue weighted by atomic mass is 9.87. The molecule has 2 aromatic carbocycles. The van der Waals surface area contributed by atoms with E-state index >= 15 is 0 Å². The molecule has 1 aliphatic rings. The molecule has 2 aromatic rings. The van der Waals surface area contributed by atoms with Crippen LogP contribution in [0, 0.1) is 0 Å². The molecular weight excluding hydrogens is 320 g/mol. The predicted octanol–water partition coefficient (Wildman–Crippen LogP) is 2.29. The molecule has 0 radical (unpaired) electrons. The Bertz CT molecular complexity index is 799. The fraction of sp³-hybridized carbons (Fsp3) is 0.263. The van der Waals surface area contributed by atoms with Gasteiger partial charge in [-0.05, 0) is 36.8 Å². The highest BCUT2D eigenvalue weighted by molar-refractivity contribution is 6.05. The van der Waals surface area contributed by atoms with Crippen molar-refractivity contribution in [2.24, 2.45) is 0 Å². The molecule has 25 heavy (non-hydrogen) atoms. The lowest BCUT2D eigenvalue weighted by Gasteiger charge is -2.29. The smallest absolute Gasteiger partial charge is 0.247 e. The van der Waals surface area contributed by atoms with Crippen LogP contribution in [0.1, 0.15) is 18.9 Å². The number of carbonyl (C=O) groups is 2. The van der Waals surface area contributed by atoms with Gasteiger partial charge >= 0.3 is 0 Å². The second-order valence-corrected chi connectivity index (χ2v) is 6.16. The summed E-state index contributed by atoms with van der Waals surface area (Å²) in [6.07, 6.45) is -0.126. The largest absolute Gasteiger partial charge is 0.497 e. The second kappa shape index (κ2) is 6.57. The Labute approximate surface area is 145 Å². The molecule has 0 aromatic heterocycles. The van der Waals surface area contributed by atoms with Gasteiger partial charge in [0.1, 0.15) is 17.4 Å². The molecule has 0 saturated heterocycles. The van der Waals surface area contributed by atoms with Crippen LogP contribution in [0.25, 0.3) is 0 Å². The quantitative estimate of drug-likeness (QED) is 0.777. The molecule has 1 aliphatic heterocycles. The summed E-state index contributed by atoms with van der Waals surface area (Å²) >= 11 is 0. The zero-order chi connectivity index (χ0) is 18.0. The van der Waals surface area contributed by atoms with Crippen LogP contribution >= 0.6 is 0 Å². The van der Waals surface area contributed by atoms with E-state index in [0.29, 0.717) is 17.0 Å². The maximum absolute atomic E-state index is 12.6. The number of para-hydroxylation sites is 2. The Morgan fingerprint density at radius 1 is 1.16 bits per heavy atom. The van der Waals surface area contributed by atoms with Gasteiger partial charge in [0.25, 0.3) is 0 Å². The van der Waals surface area contributed by atoms with Crippen molar-refractivity contribution >= 4 is 23.1 Å². The van der Waals surface area contributed by atoms with E-state index in [1.165, 1.54) is 6.92 Å². The number of Topliss-reactive ketones (excluding diaryl/α,β-unsaturated/α-hetero) is 1. The van der Waals surface area contributed by atoms with Crippen LogP contribution in [0.2, 0.25) is 0 Å². The molecule has 1 amide bonds. The van der Waals surface area contributed by atoms with E-state index in [1.54, 1.807) is 37.4 Å². The Hall–Kier alpha value is -2.86. The monoisotopic (exact) mass is 340 g/mol.